The van der Waals surface area contributed by atoms with E-state index >= 15 is 0 Å². The third-order valence-electron chi connectivity index (χ3n) is 4.56. The molecule has 3 heteroatoms. The van der Waals surface area contributed by atoms with Crippen molar-refractivity contribution in [2.45, 2.75) is 39.7 Å². The SMILES string of the molecule is CC(C)Oc1ccc(-c2ccc(C(C)C)c(N3CCOCC3)c2)cc1. The van der Waals surface area contributed by atoms with Crippen LogP contribution in [-0.2, 0) is 4.74 Å². The van der Waals surface area contributed by atoms with E-state index in [1.807, 2.05) is 13.8 Å². The van der Waals surface area contributed by atoms with Crippen LogP contribution in [0.3, 0.4) is 0 Å². The van der Waals surface area contributed by atoms with E-state index in [1.165, 1.54) is 22.4 Å². The quantitative estimate of drug-likeness (QED) is 0.756. The highest BCUT2D eigenvalue weighted by Crippen LogP contribution is 2.33. The number of nitrogens with zero attached hydrogens (tertiary/aromatic N) is 1. The van der Waals surface area contributed by atoms with Crippen LogP contribution in [0.5, 0.6) is 5.75 Å². The number of hydrogen-bond acceptors (Lipinski definition) is 3. The highest BCUT2D eigenvalue weighted by molar-refractivity contribution is 5.71. The monoisotopic (exact) mass is 339 g/mol. The maximum Gasteiger partial charge on any atom is 0.119 e. The molecule has 0 aliphatic carbocycles. The van der Waals surface area contributed by atoms with Gasteiger partial charge >= 0.3 is 0 Å². The standard InChI is InChI=1S/C22H29NO2/c1-16(2)21-10-7-19(15-22(21)23-11-13-24-14-12-23)18-5-8-20(9-6-18)25-17(3)4/h5-10,15-17H,11-14H2,1-4H3. The molecule has 1 saturated heterocycles. The van der Waals surface area contributed by atoms with Gasteiger partial charge in [-0.1, -0.05) is 38.1 Å². The van der Waals surface area contributed by atoms with Crippen molar-refractivity contribution in [1.82, 2.24) is 0 Å². The van der Waals surface area contributed by atoms with Crippen LogP contribution in [0.25, 0.3) is 11.1 Å². The van der Waals surface area contributed by atoms with Gasteiger partial charge in [0.05, 0.1) is 19.3 Å². The fourth-order valence-corrected chi connectivity index (χ4v) is 3.29. The van der Waals surface area contributed by atoms with Crippen LogP contribution in [0.1, 0.15) is 39.2 Å². The summed E-state index contributed by atoms with van der Waals surface area (Å²) in [5.41, 5.74) is 5.23. The van der Waals surface area contributed by atoms with E-state index in [1.54, 1.807) is 0 Å². The van der Waals surface area contributed by atoms with Gasteiger partial charge < -0.3 is 14.4 Å². The van der Waals surface area contributed by atoms with Crippen molar-refractivity contribution in [1.29, 1.82) is 0 Å². The molecule has 25 heavy (non-hydrogen) atoms. The van der Waals surface area contributed by atoms with Crippen LogP contribution in [-0.4, -0.2) is 32.4 Å². The van der Waals surface area contributed by atoms with Gasteiger partial charge in [0.25, 0.3) is 0 Å². The number of ether oxygens (including phenoxy) is 2. The molecule has 2 aromatic carbocycles. The summed E-state index contributed by atoms with van der Waals surface area (Å²) >= 11 is 0. The molecule has 2 aromatic rings. The Bertz CT molecular complexity index is 686. The predicted molar refractivity (Wildman–Crippen MR) is 105 cm³/mol. The second-order valence-corrected chi connectivity index (χ2v) is 7.22. The van der Waals surface area contributed by atoms with Crippen molar-refractivity contribution in [2.75, 3.05) is 31.2 Å². The van der Waals surface area contributed by atoms with Crippen molar-refractivity contribution in [3.8, 4) is 16.9 Å². The average Bonchev–Trinajstić information content (AvgIpc) is 2.62. The molecule has 0 spiro atoms. The smallest absolute Gasteiger partial charge is 0.119 e. The summed E-state index contributed by atoms with van der Waals surface area (Å²) in [6.07, 6.45) is 0.198. The Morgan fingerprint density at radius 2 is 1.52 bits per heavy atom. The van der Waals surface area contributed by atoms with E-state index in [-0.39, 0.29) is 6.10 Å². The molecule has 0 bridgehead atoms. The van der Waals surface area contributed by atoms with Crippen LogP contribution in [0.4, 0.5) is 5.69 Å². The zero-order chi connectivity index (χ0) is 17.8. The Labute approximate surface area is 151 Å². The number of benzene rings is 2. The van der Waals surface area contributed by atoms with Gasteiger partial charge in [-0.15, -0.1) is 0 Å². The first-order valence-corrected chi connectivity index (χ1v) is 9.28. The summed E-state index contributed by atoms with van der Waals surface area (Å²) in [5, 5.41) is 0. The van der Waals surface area contributed by atoms with Crippen LogP contribution in [0.2, 0.25) is 0 Å². The molecule has 0 saturated carbocycles. The normalized spacial score (nSPS) is 15.0. The molecule has 1 aliphatic heterocycles. The molecule has 0 unspecified atom stereocenters. The summed E-state index contributed by atoms with van der Waals surface area (Å²) in [5.74, 6) is 1.43. The lowest BCUT2D eigenvalue weighted by Gasteiger charge is -2.32. The molecule has 3 nitrogen and oxygen atoms in total. The minimum Gasteiger partial charge on any atom is -0.491 e. The van der Waals surface area contributed by atoms with E-state index in [0.717, 1.165) is 32.1 Å². The lowest BCUT2D eigenvalue weighted by molar-refractivity contribution is 0.122. The second-order valence-electron chi connectivity index (χ2n) is 7.22. The summed E-state index contributed by atoms with van der Waals surface area (Å²) < 4.78 is 11.3. The van der Waals surface area contributed by atoms with Gasteiger partial charge in [-0.3, -0.25) is 0 Å². The van der Waals surface area contributed by atoms with E-state index in [4.69, 9.17) is 9.47 Å². The van der Waals surface area contributed by atoms with Gasteiger partial charge in [0.1, 0.15) is 5.75 Å². The van der Waals surface area contributed by atoms with Crippen LogP contribution in [0.15, 0.2) is 42.5 Å². The van der Waals surface area contributed by atoms with Gasteiger partial charge in [0.15, 0.2) is 0 Å². The Balaban J connectivity index is 1.91. The maximum atomic E-state index is 5.75. The first kappa shape index (κ1) is 17.8. The van der Waals surface area contributed by atoms with Crippen LogP contribution in [0, 0.1) is 0 Å². The van der Waals surface area contributed by atoms with Gasteiger partial charge in [-0.2, -0.15) is 0 Å². The van der Waals surface area contributed by atoms with Gasteiger partial charge in [0.2, 0.25) is 0 Å². The van der Waals surface area contributed by atoms with Gasteiger partial charge in [0, 0.05) is 18.8 Å². The van der Waals surface area contributed by atoms with E-state index in [9.17, 15) is 0 Å². The molecule has 0 N–H and O–H groups in total. The molecule has 0 amide bonds. The van der Waals surface area contributed by atoms with Crippen LogP contribution < -0.4 is 9.64 Å². The molecular formula is C22H29NO2. The fourth-order valence-electron chi connectivity index (χ4n) is 3.29. The average molecular weight is 339 g/mol. The third kappa shape index (κ3) is 4.35. The summed E-state index contributed by atoms with van der Waals surface area (Å²) in [6.45, 7) is 12.2. The van der Waals surface area contributed by atoms with Crippen molar-refractivity contribution < 1.29 is 9.47 Å². The lowest BCUT2D eigenvalue weighted by atomic mass is 9.95. The zero-order valence-electron chi connectivity index (χ0n) is 15.8. The van der Waals surface area contributed by atoms with Crippen molar-refractivity contribution in [3.05, 3.63) is 48.0 Å². The number of hydrogen-bond donors (Lipinski definition) is 0. The predicted octanol–water partition coefficient (Wildman–Crippen LogP) is 5.10. The largest absolute Gasteiger partial charge is 0.491 e. The lowest BCUT2D eigenvalue weighted by Crippen LogP contribution is -2.36. The number of rotatable bonds is 5. The Morgan fingerprint density at radius 3 is 2.12 bits per heavy atom. The molecule has 1 aliphatic rings. The number of anilines is 1. The summed E-state index contributed by atoms with van der Waals surface area (Å²) in [7, 11) is 0. The number of morpholine rings is 1. The molecule has 0 atom stereocenters. The van der Waals surface area contributed by atoms with Crippen molar-refractivity contribution in [2.24, 2.45) is 0 Å². The molecule has 3 rings (SSSR count). The zero-order valence-corrected chi connectivity index (χ0v) is 15.8. The van der Waals surface area contributed by atoms with Gasteiger partial charge in [-0.05, 0) is 54.7 Å². The molecule has 1 fully saturated rings. The Kier molecular flexibility index (Phi) is 5.64. The molecule has 134 valence electrons. The summed E-state index contributed by atoms with van der Waals surface area (Å²) in [6, 6.07) is 15.2. The second kappa shape index (κ2) is 7.92. The van der Waals surface area contributed by atoms with Crippen molar-refractivity contribution in [3.63, 3.8) is 0 Å². The van der Waals surface area contributed by atoms with Crippen LogP contribution >= 0.6 is 0 Å². The molecule has 0 radical (unpaired) electrons. The Morgan fingerprint density at radius 1 is 0.880 bits per heavy atom. The highest BCUT2D eigenvalue weighted by Gasteiger charge is 2.17. The van der Waals surface area contributed by atoms with E-state index in [0.29, 0.717) is 5.92 Å². The highest BCUT2D eigenvalue weighted by atomic mass is 16.5. The summed E-state index contributed by atoms with van der Waals surface area (Å²) in [4.78, 5) is 2.46. The molecule has 1 heterocycles. The van der Waals surface area contributed by atoms with E-state index in [2.05, 4.69) is 61.2 Å². The first-order chi connectivity index (χ1) is 12.0. The maximum absolute atomic E-state index is 5.75. The van der Waals surface area contributed by atoms with Crippen molar-refractivity contribution >= 4 is 5.69 Å². The molecule has 0 aromatic heterocycles. The minimum atomic E-state index is 0.198. The fraction of sp³-hybridized carbons (Fsp3) is 0.455. The Hall–Kier alpha value is -2.00. The first-order valence-electron chi connectivity index (χ1n) is 9.28. The topological polar surface area (TPSA) is 21.7 Å². The third-order valence-corrected chi connectivity index (χ3v) is 4.56. The van der Waals surface area contributed by atoms with Gasteiger partial charge in [-0.25, -0.2) is 0 Å². The molecular weight excluding hydrogens is 310 g/mol. The minimum absolute atomic E-state index is 0.198. The van der Waals surface area contributed by atoms with E-state index < -0.39 is 0 Å².